The van der Waals surface area contributed by atoms with Crippen LogP contribution in [0.2, 0.25) is 0 Å². The van der Waals surface area contributed by atoms with E-state index in [0.717, 1.165) is 19.4 Å². The molecule has 58 valence electrons. The third-order valence-corrected chi connectivity index (χ3v) is 3.33. The van der Waals surface area contributed by atoms with Gasteiger partial charge in [0.1, 0.15) is 4.33 Å². The first-order chi connectivity index (χ1) is 4.73. The predicted molar refractivity (Wildman–Crippen MR) is 41.5 cm³/mol. The van der Waals surface area contributed by atoms with Crippen LogP contribution < -0.4 is 0 Å². The maximum atomic E-state index is 5.93. The van der Waals surface area contributed by atoms with Gasteiger partial charge in [-0.2, -0.15) is 0 Å². The summed E-state index contributed by atoms with van der Waals surface area (Å²) in [5.74, 6) is 0.415. The van der Waals surface area contributed by atoms with E-state index in [4.69, 9.17) is 27.9 Å². The summed E-state index contributed by atoms with van der Waals surface area (Å²) in [7, 11) is 0. The van der Waals surface area contributed by atoms with Crippen LogP contribution in [-0.2, 0) is 4.74 Å². The fourth-order valence-corrected chi connectivity index (χ4v) is 2.36. The molecule has 0 amide bonds. The van der Waals surface area contributed by atoms with E-state index in [9.17, 15) is 0 Å². The lowest BCUT2D eigenvalue weighted by atomic mass is 10.2. The quantitative estimate of drug-likeness (QED) is 0.521. The highest BCUT2D eigenvalue weighted by atomic mass is 35.5. The molecule has 0 unspecified atom stereocenters. The predicted octanol–water partition coefficient (Wildman–Crippen LogP) is 2.36. The number of hydrogen-bond donors (Lipinski definition) is 0. The van der Waals surface area contributed by atoms with Gasteiger partial charge in [0, 0.05) is 12.5 Å². The average molecular weight is 181 g/mol. The Hall–Kier alpha value is 0.540. The molecule has 1 aliphatic heterocycles. The van der Waals surface area contributed by atoms with Crippen molar-refractivity contribution in [1.82, 2.24) is 0 Å². The molecule has 2 rings (SSSR count). The van der Waals surface area contributed by atoms with Gasteiger partial charge in [0.15, 0.2) is 0 Å². The van der Waals surface area contributed by atoms with Crippen molar-refractivity contribution >= 4 is 23.2 Å². The minimum atomic E-state index is -0.541. The summed E-state index contributed by atoms with van der Waals surface area (Å²) in [6.45, 7) is 0.836. The van der Waals surface area contributed by atoms with Crippen LogP contribution in [0.5, 0.6) is 0 Å². The van der Waals surface area contributed by atoms with Gasteiger partial charge in [-0.25, -0.2) is 0 Å². The zero-order chi connectivity index (χ0) is 7.19. The standard InChI is InChI=1S/C7H10Cl2O/c8-7(9)5-3-1-2-4-10-6(5)7/h5-6H,1-4H2/t5-,6-/m1/s1. The van der Waals surface area contributed by atoms with Crippen molar-refractivity contribution in [3.8, 4) is 0 Å². The Labute approximate surface area is 70.6 Å². The third-order valence-electron chi connectivity index (χ3n) is 2.34. The third kappa shape index (κ3) is 0.956. The zero-order valence-corrected chi connectivity index (χ0v) is 7.16. The van der Waals surface area contributed by atoms with E-state index < -0.39 is 4.33 Å². The highest BCUT2D eigenvalue weighted by Crippen LogP contribution is 2.58. The topological polar surface area (TPSA) is 9.23 Å². The maximum Gasteiger partial charge on any atom is 0.149 e. The monoisotopic (exact) mass is 180 g/mol. The van der Waals surface area contributed by atoms with Crippen molar-refractivity contribution < 1.29 is 4.74 Å². The molecule has 0 N–H and O–H groups in total. The van der Waals surface area contributed by atoms with Gasteiger partial charge in [-0.1, -0.05) is 29.6 Å². The van der Waals surface area contributed by atoms with Crippen LogP contribution in [0.25, 0.3) is 0 Å². The Balaban J connectivity index is 2.01. The Bertz CT molecular complexity index is 133. The first-order valence-electron chi connectivity index (χ1n) is 3.72. The second-order valence-corrected chi connectivity index (χ2v) is 4.51. The molecule has 1 saturated carbocycles. The average Bonchev–Trinajstić information content (AvgIpc) is 2.47. The van der Waals surface area contributed by atoms with Crippen LogP contribution in [0.3, 0.4) is 0 Å². The van der Waals surface area contributed by atoms with Crippen LogP contribution in [0.1, 0.15) is 19.3 Å². The lowest BCUT2D eigenvalue weighted by molar-refractivity contribution is 0.116. The van der Waals surface area contributed by atoms with Gasteiger partial charge < -0.3 is 4.74 Å². The van der Waals surface area contributed by atoms with E-state index in [1.165, 1.54) is 6.42 Å². The summed E-state index contributed by atoms with van der Waals surface area (Å²) < 4.78 is 4.89. The van der Waals surface area contributed by atoms with E-state index in [0.29, 0.717) is 5.92 Å². The highest BCUT2D eigenvalue weighted by Gasteiger charge is 2.64. The van der Waals surface area contributed by atoms with Crippen molar-refractivity contribution in [2.75, 3.05) is 6.61 Å². The van der Waals surface area contributed by atoms with Crippen molar-refractivity contribution in [3.63, 3.8) is 0 Å². The molecule has 1 aliphatic carbocycles. The fraction of sp³-hybridized carbons (Fsp3) is 1.00. The lowest BCUT2D eigenvalue weighted by Crippen LogP contribution is -2.03. The molecule has 1 saturated heterocycles. The van der Waals surface area contributed by atoms with E-state index in [1.807, 2.05) is 0 Å². The molecule has 1 nitrogen and oxygen atoms in total. The van der Waals surface area contributed by atoms with E-state index >= 15 is 0 Å². The summed E-state index contributed by atoms with van der Waals surface area (Å²) >= 11 is 11.9. The first-order valence-corrected chi connectivity index (χ1v) is 4.48. The molecule has 3 heteroatoms. The van der Waals surface area contributed by atoms with Crippen LogP contribution in [-0.4, -0.2) is 17.0 Å². The lowest BCUT2D eigenvalue weighted by Gasteiger charge is -2.01. The summed E-state index contributed by atoms with van der Waals surface area (Å²) in [5.41, 5.74) is 0. The van der Waals surface area contributed by atoms with Gasteiger partial charge in [0.2, 0.25) is 0 Å². The number of rotatable bonds is 0. The van der Waals surface area contributed by atoms with Gasteiger partial charge in [0.05, 0.1) is 6.10 Å². The van der Waals surface area contributed by atoms with Crippen molar-refractivity contribution in [2.24, 2.45) is 5.92 Å². The second-order valence-electron chi connectivity index (χ2n) is 3.07. The Morgan fingerprint density at radius 2 is 2.10 bits per heavy atom. The van der Waals surface area contributed by atoms with Crippen LogP contribution >= 0.6 is 23.2 Å². The zero-order valence-electron chi connectivity index (χ0n) is 5.65. The van der Waals surface area contributed by atoms with Crippen LogP contribution in [0.15, 0.2) is 0 Å². The molecule has 2 atom stereocenters. The summed E-state index contributed by atoms with van der Waals surface area (Å²) in [6, 6.07) is 0. The maximum absolute atomic E-state index is 5.93. The molecule has 0 aromatic rings. The summed E-state index contributed by atoms with van der Waals surface area (Å²) in [5, 5.41) is 0. The Morgan fingerprint density at radius 3 is 2.90 bits per heavy atom. The van der Waals surface area contributed by atoms with Crippen LogP contribution in [0.4, 0.5) is 0 Å². The highest BCUT2D eigenvalue weighted by molar-refractivity contribution is 6.51. The van der Waals surface area contributed by atoms with Crippen molar-refractivity contribution in [3.05, 3.63) is 0 Å². The summed E-state index contributed by atoms with van der Waals surface area (Å²) in [4.78, 5) is 0. The smallest absolute Gasteiger partial charge is 0.149 e. The van der Waals surface area contributed by atoms with E-state index in [2.05, 4.69) is 0 Å². The van der Waals surface area contributed by atoms with Gasteiger partial charge >= 0.3 is 0 Å². The normalized spacial score (nSPS) is 43.8. The molecule has 1 heterocycles. The SMILES string of the molecule is ClC1(Cl)[C@@H]2CCCCO[C@H]21. The Morgan fingerprint density at radius 1 is 1.30 bits per heavy atom. The van der Waals surface area contributed by atoms with Crippen molar-refractivity contribution in [1.29, 1.82) is 0 Å². The number of alkyl halides is 2. The first kappa shape index (κ1) is 7.20. The largest absolute Gasteiger partial charge is 0.375 e. The van der Waals surface area contributed by atoms with Gasteiger partial charge in [-0.05, 0) is 12.8 Å². The van der Waals surface area contributed by atoms with E-state index in [-0.39, 0.29) is 6.10 Å². The minimum Gasteiger partial charge on any atom is -0.375 e. The van der Waals surface area contributed by atoms with Gasteiger partial charge in [-0.15, -0.1) is 0 Å². The molecule has 2 fully saturated rings. The van der Waals surface area contributed by atoms with Crippen LogP contribution in [0, 0.1) is 5.92 Å². The number of hydrogen-bond acceptors (Lipinski definition) is 1. The summed E-state index contributed by atoms with van der Waals surface area (Å²) in [6.07, 6.45) is 3.65. The molecule has 2 aliphatic rings. The number of ether oxygens (including phenoxy) is 1. The number of halogens is 2. The van der Waals surface area contributed by atoms with Gasteiger partial charge in [0.25, 0.3) is 0 Å². The molecule has 0 aromatic heterocycles. The second kappa shape index (κ2) is 2.26. The Kier molecular flexibility index (Phi) is 1.63. The fourth-order valence-electron chi connectivity index (χ4n) is 1.61. The van der Waals surface area contributed by atoms with Gasteiger partial charge in [-0.3, -0.25) is 0 Å². The minimum absolute atomic E-state index is 0.137. The molecule has 0 radical (unpaired) electrons. The molecule has 0 bridgehead atoms. The number of fused-ring (bicyclic) bond motifs is 1. The molecular formula is C7H10Cl2O. The molecule has 0 aromatic carbocycles. The molecule has 10 heavy (non-hydrogen) atoms. The molecular weight excluding hydrogens is 171 g/mol. The molecule has 0 spiro atoms. The van der Waals surface area contributed by atoms with Crippen molar-refractivity contribution in [2.45, 2.75) is 29.7 Å². The van der Waals surface area contributed by atoms with E-state index in [1.54, 1.807) is 0 Å².